The van der Waals surface area contributed by atoms with Crippen LogP contribution < -0.4 is 11.1 Å². The van der Waals surface area contributed by atoms with Gasteiger partial charge in [0.25, 0.3) is 5.91 Å². The van der Waals surface area contributed by atoms with Crippen molar-refractivity contribution in [2.75, 3.05) is 13.1 Å². The zero-order valence-corrected chi connectivity index (χ0v) is 10.5. The van der Waals surface area contributed by atoms with E-state index in [2.05, 4.69) is 17.2 Å². The first-order valence-corrected chi connectivity index (χ1v) is 5.83. The second-order valence-corrected chi connectivity index (χ2v) is 3.86. The largest absolute Gasteiger partial charge is 0.352 e. The highest BCUT2D eigenvalue weighted by Gasteiger charge is 2.06. The Morgan fingerprint density at radius 3 is 2.88 bits per heavy atom. The first-order chi connectivity index (χ1) is 8.19. The van der Waals surface area contributed by atoms with Crippen molar-refractivity contribution in [1.82, 2.24) is 5.32 Å². The first-order valence-electron chi connectivity index (χ1n) is 5.45. The van der Waals surface area contributed by atoms with E-state index in [1.165, 1.54) is 0 Å². The molecule has 0 radical (unpaired) electrons. The van der Waals surface area contributed by atoms with Gasteiger partial charge in [-0.2, -0.15) is 0 Å². The number of hydrogen-bond acceptors (Lipinski definition) is 2. The lowest BCUT2D eigenvalue weighted by Gasteiger charge is -2.04. The van der Waals surface area contributed by atoms with Crippen LogP contribution in [0.15, 0.2) is 18.2 Å². The van der Waals surface area contributed by atoms with E-state index in [0.717, 1.165) is 6.42 Å². The number of carbonyl (C=O) groups excluding carboxylic acids is 1. The molecule has 3 nitrogen and oxygen atoms in total. The molecule has 0 bridgehead atoms. The molecule has 3 N–H and O–H groups in total. The minimum atomic E-state index is -0.118. The van der Waals surface area contributed by atoms with Gasteiger partial charge in [0.15, 0.2) is 0 Å². The van der Waals surface area contributed by atoms with Crippen LogP contribution in [0.25, 0.3) is 0 Å². The van der Waals surface area contributed by atoms with Crippen LogP contribution in [0.3, 0.4) is 0 Å². The number of nitrogens with two attached hydrogens (primary N) is 1. The van der Waals surface area contributed by atoms with Crippen LogP contribution in [0.4, 0.5) is 0 Å². The molecule has 0 unspecified atom stereocenters. The molecule has 0 fully saturated rings. The second kappa shape index (κ2) is 6.95. The molecule has 4 heteroatoms. The van der Waals surface area contributed by atoms with Crippen molar-refractivity contribution in [3.8, 4) is 11.8 Å². The van der Waals surface area contributed by atoms with E-state index in [9.17, 15) is 4.79 Å². The molecule has 0 saturated carbocycles. The number of carbonyl (C=O) groups is 1. The Morgan fingerprint density at radius 2 is 2.29 bits per heavy atom. The molecule has 17 heavy (non-hydrogen) atoms. The molecular formula is C13H15ClN2O. The smallest absolute Gasteiger partial charge is 0.251 e. The summed E-state index contributed by atoms with van der Waals surface area (Å²) in [6, 6.07) is 5.05. The fourth-order valence-corrected chi connectivity index (χ4v) is 1.47. The summed E-state index contributed by atoms with van der Waals surface area (Å²) in [6.45, 7) is 2.94. The highest BCUT2D eigenvalue weighted by molar-refractivity contribution is 6.32. The molecule has 1 aromatic carbocycles. The van der Waals surface area contributed by atoms with Crippen molar-refractivity contribution in [2.24, 2.45) is 5.73 Å². The van der Waals surface area contributed by atoms with E-state index in [1.54, 1.807) is 18.2 Å². The molecule has 1 rings (SSSR count). The summed E-state index contributed by atoms with van der Waals surface area (Å²) in [6.07, 6.45) is 0.902. The zero-order valence-electron chi connectivity index (χ0n) is 9.72. The number of rotatable bonds is 3. The quantitative estimate of drug-likeness (QED) is 0.804. The fraction of sp³-hybridized carbons (Fsp3) is 0.308. The molecule has 0 aliphatic heterocycles. The average Bonchev–Trinajstić information content (AvgIpc) is 2.34. The van der Waals surface area contributed by atoms with Gasteiger partial charge in [0.2, 0.25) is 0 Å². The lowest BCUT2D eigenvalue weighted by molar-refractivity contribution is 0.0953. The maximum absolute atomic E-state index is 11.7. The Kier molecular flexibility index (Phi) is 5.55. The van der Waals surface area contributed by atoms with Gasteiger partial charge in [-0.15, -0.1) is 0 Å². The monoisotopic (exact) mass is 250 g/mol. The molecule has 0 heterocycles. The van der Waals surface area contributed by atoms with Crippen molar-refractivity contribution in [3.05, 3.63) is 34.3 Å². The molecule has 1 amide bonds. The molecular weight excluding hydrogens is 236 g/mol. The molecule has 90 valence electrons. The maximum atomic E-state index is 11.7. The van der Waals surface area contributed by atoms with E-state index in [4.69, 9.17) is 17.3 Å². The van der Waals surface area contributed by atoms with E-state index < -0.39 is 0 Å². The van der Waals surface area contributed by atoms with Gasteiger partial charge < -0.3 is 11.1 Å². The van der Waals surface area contributed by atoms with Gasteiger partial charge in [-0.3, -0.25) is 4.79 Å². The van der Waals surface area contributed by atoms with Crippen molar-refractivity contribution >= 4 is 17.5 Å². The third-order valence-electron chi connectivity index (χ3n) is 2.09. The SMILES string of the molecule is CCCNC(=O)c1ccc(C#CCN)c(Cl)c1. The minimum absolute atomic E-state index is 0.118. The highest BCUT2D eigenvalue weighted by atomic mass is 35.5. The van der Waals surface area contributed by atoms with Crippen molar-refractivity contribution in [2.45, 2.75) is 13.3 Å². The Morgan fingerprint density at radius 1 is 1.53 bits per heavy atom. The topological polar surface area (TPSA) is 55.1 Å². The highest BCUT2D eigenvalue weighted by Crippen LogP contribution is 2.16. The van der Waals surface area contributed by atoms with Crippen LogP contribution in [0.1, 0.15) is 29.3 Å². The molecule has 1 aromatic rings. The summed E-state index contributed by atoms with van der Waals surface area (Å²) in [7, 11) is 0. The Balaban J connectivity index is 2.85. The zero-order chi connectivity index (χ0) is 12.7. The number of hydrogen-bond donors (Lipinski definition) is 2. The summed E-state index contributed by atoms with van der Waals surface area (Å²) >= 11 is 6.02. The Bertz CT molecular complexity index is 460. The van der Waals surface area contributed by atoms with Gasteiger partial charge in [0.05, 0.1) is 11.6 Å². The third-order valence-corrected chi connectivity index (χ3v) is 2.40. The fourth-order valence-electron chi connectivity index (χ4n) is 1.24. The summed E-state index contributed by atoms with van der Waals surface area (Å²) < 4.78 is 0. The predicted octanol–water partition coefficient (Wildman–Crippen LogP) is 1.79. The molecule has 0 atom stereocenters. The first kappa shape index (κ1) is 13.6. The van der Waals surface area contributed by atoms with Crippen LogP contribution in [0.2, 0.25) is 5.02 Å². The van der Waals surface area contributed by atoms with Crippen molar-refractivity contribution in [1.29, 1.82) is 0 Å². The molecule has 0 spiro atoms. The number of halogens is 1. The van der Waals surface area contributed by atoms with Crippen LogP contribution in [-0.4, -0.2) is 19.0 Å². The maximum Gasteiger partial charge on any atom is 0.251 e. The third kappa shape index (κ3) is 4.10. The van der Waals surface area contributed by atoms with E-state index in [-0.39, 0.29) is 12.5 Å². The van der Waals surface area contributed by atoms with Gasteiger partial charge in [-0.25, -0.2) is 0 Å². The molecule has 0 aliphatic carbocycles. The van der Waals surface area contributed by atoms with Gasteiger partial charge in [0.1, 0.15) is 0 Å². The standard InChI is InChI=1S/C13H15ClN2O/c1-2-8-16-13(17)11-6-5-10(4-3-7-15)12(14)9-11/h5-6,9H,2,7-8,15H2,1H3,(H,16,17). The van der Waals surface area contributed by atoms with Crippen LogP contribution in [0.5, 0.6) is 0 Å². The lowest BCUT2D eigenvalue weighted by Crippen LogP contribution is -2.23. The van der Waals surface area contributed by atoms with Crippen molar-refractivity contribution in [3.63, 3.8) is 0 Å². The normalized spacial score (nSPS) is 9.35. The van der Waals surface area contributed by atoms with Gasteiger partial charge in [0, 0.05) is 17.7 Å². The van der Waals surface area contributed by atoms with E-state index in [1.807, 2.05) is 6.92 Å². The summed E-state index contributed by atoms with van der Waals surface area (Å²) in [5, 5.41) is 3.25. The Hall–Kier alpha value is -1.50. The molecule has 0 saturated heterocycles. The minimum Gasteiger partial charge on any atom is -0.352 e. The summed E-state index contributed by atoms with van der Waals surface area (Å²) in [5.41, 5.74) is 6.51. The van der Waals surface area contributed by atoms with Crippen LogP contribution >= 0.6 is 11.6 Å². The molecule has 0 aromatic heterocycles. The lowest BCUT2D eigenvalue weighted by atomic mass is 10.1. The predicted molar refractivity (Wildman–Crippen MR) is 70.0 cm³/mol. The number of nitrogens with one attached hydrogen (secondary N) is 1. The number of amides is 1. The average molecular weight is 251 g/mol. The molecule has 0 aliphatic rings. The van der Waals surface area contributed by atoms with Gasteiger partial charge >= 0.3 is 0 Å². The van der Waals surface area contributed by atoms with E-state index >= 15 is 0 Å². The summed E-state index contributed by atoms with van der Waals surface area (Å²) in [5.74, 6) is 5.45. The van der Waals surface area contributed by atoms with Gasteiger partial charge in [-0.1, -0.05) is 30.4 Å². The van der Waals surface area contributed by atoms with E-state index in [0.29, 0.717) is 22.7 Å². The van der Waals surface area contributed by atoms with Crippen molar-refractivity contribution < 1.29 is 4.79 Å². The van der Waals surface area contributed by atoms with Crippen LogP contribution in [-0.2, 0) is 0 Å². The Labute approximate surface area is 106 Å². The van der Waals surface area contributed by atoms with Gasteiger partial charge in [-0.05, 0) is 24.6 Å². The summed E-state index contributed by atoms with van der Waals surface area (Å²) in [4.78, 5) is 11.7. The number of benzene rings is 1. The van der Waals surface area contributed by atoms with Crippen LogP contribution in [0, 0.1) is 11.8 Å². The second-order valence-electron chi connectivity index (χ2n) is 3.46.